The van der Waals surface area contributed by atoms with E-state index in [1.54, 1.807) is 6.07 Å². The molecule has 0 bridgehead atoms. The fourth-order valence-electron chi connectivity index (χ4n) is 2.57. The molecule has 0 saturated heterocycles. The normalized spacial score (nSPS) is 14.7. The van der Waals surface area contributed by atoms with Crippen molar-refractivity contribution >= 4 is 40.5 Å². The summed E-state index contributed by atoms with van der Waals surface area (Å²) in [6.45, 7) is 4.42. The van der Waals surface area contributed by atoms with Crippen molar-refractivity contribution in [2.45, 2.75) is 19.6 Å². The van der Waals surface area contributed by atoms with Gasteiger partial charge in [0.25, 0.3) is 0 Å². The number of ether oxygens (including phenoxy) is 2. The Hall–Kier alpha value is -1.67. The van der Waals surface area contributed by atoms with Gasteiger partial charge in [0.05, 0.1) is 15.9 Å². The Morgan fingerprint density at radius 2 is 2.07 bits per heavy atom. The van der Waals surface area contributed by atoms with Crippen LogP contribution in [0.25, 0.3) is 0 Å². The highest BCUT2D eigenvalue weighted by molar-refractivity contribution is 7.16. The Morgan fingerprint density at radius 3 is 2.81 bits per heavy atom. The summed E-state index contributed by atoms with van der Waals surface area (Å²) in [4.78, 5) is 5.36. The minimum absolute atomic E-state index is 0.324. The highest BCUT2D eigenvalue weighted by Gasteiger charge is 2.16. The predicted octanol–water partition coefficient (Wildman–Crippen LogP) is 3.61. The van der Waals surface area contributed by atoms with Crippen molar-refractivity contribution in [3.63, 3.8) is 0 Å². The summed E-state index contributed by atoms with van der Waals surface area (Å²) in [5.74, 6) is 1.82. The van der Waals surface area contributed by atoms with Crippen molar-refractivity contribution < 1.29 is 14.6 Å². The summed E-state index contributed by atoms with van der Waals surface area (Å²) in [5.41, 5.74) is 0.909. The van der Waals surface area contributed by atoms with Gasteiger partial charge in [-0.3, -0.25) is 0 Å². The van der Waals surface area contributed by atoms with E-state index in [0.717, 1.165) is 10.4 Å². The zero-order valence-corrected chi connectivity index (χ0v) is 17.1. The van der Waals surface area contributed by atoms with E-state index in [-0.39, 0.29) is 0 Å². The van der Waals surface area contributed by atoms with E-state index in [1.165, 1.54) is 11.3 Å². The lowest BCUT2D eigenvalue weighted by Crippen LogP contribution is -2.39. The molecule has 27 heavy (non-hydrogen) atoms. The molecule has 2 heterocycles. The lowest BCUT2D eigenvalue weighted by atomic mass is 10.2. The number of hydrogen-bond acceptors (Lipinski definition) is 5. The van der Waals surface area contributed by atoms with Crippen LogP contribution in [0.1, 0.15) is 23.5 Å². The molecule has 0 spiro atoms. The Morgan fingerprint density at radius 1 is 1.26 bits per heavy atom. The van der Waals surface area contributed by atoms with E-state index in [9.17, 15) is 5.11 Å². The Bertz CT molecular complexity index is 813. The van der Waals surface area contributed by atoms with Crippen molar-refractivity contribution in [2.24, 2.45) is 4.99 Å². The molecule has 1 aromatic heterocycles. The zero-order valence-electron chi connectivity index (χ0n) is 14.8. The Labute approximate surface area is 172 Å². The van der Waals surface area contributed by atoms with Crippen molar-refractivity contribution in [3.8, 4) is 11.5 Å². The molecule has 0 amide bonds. The number of rotatable bonds is 6. The number of fused-ring (bicyclic) bond motifs is 1. The first-order chi connectivity index (χ1) is 13.1. The molecule has 3 N–H and O–H groups in total. The molecule has 0 aliphatic carbocycles. The standard InChI is InChI=1S/C18H21Cl2N3O3S/c1-2-21-18(23-10-13(24)15-3-4-16(20)27-15)22-9-11-7-12(19)17-14(8-11)25-5-6-26-17/h3-4,7-8,13,24H,2,5-6,9-10H2,1H3,(H2,21,22,23). The number of benzene rings is 1. The van der Waals surface area contributed by atoms with Gasteiger partial charge < -0.3 is 25.2 Å². The summed E-state index contributed by atoms with van der Waals surface area (Å²) >= 11 is 13.5. The van der Waals surface area contributed by atoms with Gasteiger partial charge in [0.2, 0.25) is 0 Å². The van der Waals surface area contributed by atoms with Gasteiger partial charge in [-0.1, -0.05) is 23.2 Å². The van der Waals surface area contributed by atoms with Crippen LogP contribution in [-0.4, -0.2) is 37.4 Å². The van der Waals surface area contributed by atoms with E-state index in [0.29, 0.717) is 59.7 Å². The maximum absolute atomic E-state index is 10.3. The molecular formula is C18H21Cl2N3O3S. The molecule has 1 unspecified atom stereocenters. The number of thiophene rings is 1. The lowest BCUT2D eigenvalue weighted by Gasteiger charge is -2.20. The number of nitrogens with one attached hydrogen (secondary N) is 2. The minimum atomic E-state index is -0.657. The van der Waals surface area contributed by atoms with Crippen LogP contribution >= 0.6 is 34.5 Å². The quantitative estimate of drug-likeness (QED) is 0.482. The van der Waals surface area contributed by atoms with Crippen LogP contribution in [0.2, 0.25) is 9.36 Å². The third-order valence-corrected chi connectivity index (χ3v) is 5.42. The average Bonchev–Trinajstić information content (AvgIpc) is 3.10. The molecule has 3 rings (SSSR count). The maximum Gasteiger partial charge on any atom is 0.191 e. The Kier molecular flexibility index (Phi) is 7.07. The van der Waals surface area contributed by atoms with E-state index in [1.807, 2.05) is 25.1 Å². The van der Waals surface area contributed by atoms with E-state index in [4.69, 9.17) is 32.7 Å². The van der Waals surface area contributed by atoms with Crippen LogP contribution in [-0.2, 0) is 6.54 Å². The first-order valence-corrected chi connectivity index (χ1v) is 10.2. The molecule has 0 saturated carbocycles. The van der Waals surface area contributed by atoms with Gasteiger partial charge in [0.1, 0.15) is 19.3 Å². The van der Waals surface area contributed by atoms with Crippen LogP contribution in [0.15, 0.2) is 29.3 Å². The predicted molar refractivity (Wildman–Crippen MR) is 110 cm³/mol. The number of nitrogens with zero attached hydrogens (tertiary/aromatic N) is 1. The Balaban J connectivity index is 1.64. The summed E-state index contributed by atoms with van der Waals surface area (Å²) in [5, 5.41) is 17.1. The van der Waals surface area contributed by atoms with Gasteiger partial charge in [0.15, 0.2) is 17.5 Å². The van der Waals surface area contributed by atoms with Crippen molar-refractivity contribution in [3.05, 3.63) is 44.1 Å². The molecule has 1 aliphatic rings. The second-order valence-corrected chi connectivity index (χ2v) is 7.99. The molecule has 1 aromatic carbocycles. The summed E-state index contributed by atoms with van der Waals surface area (Å²) in [6, 6.07) is 7.30. The molecular weight excluding hydrogens is 409 g/mol. The third kappa shape index (κ3) is 5.42. The molecule has 1 atom stereocenters. The fourth-order valence-corrected chi connectivity index (χ4v) is 3.90. The second kappa shape index (κ2) is 9.50. The minimum Gasteiger partial charge on any atom is -0.486 e. The van der Waals surface area contributed by atoms with Crippen LogP contribution in [0, 0.1) is 0 Å². The molecule has 2 aromatic rings. The zero-order chi connectivity index (χ0) is 19.2. The smallest absolute Gasteiger partial charge is 0.191 e. The number of aliphatic hydroxyl groups is 1. The molecule has 9 heteroatoms. The third-order valence-electron chi connectivity index (χ3n) is 3.81. The summed E-state index contributed by atoms with van der Waals surface area (Å²) < 4.78 is 11.8. The largest absolute Gasteiger partial charge is 0.486 e. The second-order valence-electron chi connectivity index (χ2n) is 5.84. The molecule has 1 aliphatic heterocycles. The van der Waals surface area contributed by atoms with Gasteiger partial charge in [0, 0.05) is 18.0 Å². The van der Waals surface area contributed by atoms with Crippen molar-refractivity contribution in [1.82, 2.24) is 10.6 Å². The highest BCUT2D eigenvalue weighted by atomic mass is 35.5. The lowest BCUT2D eigenvalue weighted by molar-refractivity contribution is 0.171. The van der Waals surface area contributed by atoms with E-state index < -0.39 is 6.10 Å². The number of hydrogen-bond donors (Lipinski definition) is 3. The van der Waals surface area contributed by atoms with Gasteiger partial charge in [-0.25, -0.2) is 4.99 Å². The van der Waals surface area contributed by atoms with Crippen LogP contribution in [0.5, 0.6) is 11.5 Å². The first-order valence-electron chi connectivity index (χ1n) is 8.60. The van der Waals surface area contributed by atoms with Crippen LogP contribution < -0.4 is 20.1 Å². The van der Waals surface area contributed by atoms with Crippen molar-refractivity contribution in [1.29, 1.82) is 0 Å². The number of aliphatic hydroxyl groups excluding tert-OH is 1. The fraction of sp³-hybridized carbons (Fsp3) is 0.389. The monoisotopic (exact) mass is 429 g/mol. The molecule has 146 valence electrons. The van der Waals surface area contributed by atoms with Gasteiger partial charge >= 0.3 is 0 Å². The number of aliphatic imine (C=N–C) groups is 1. The maximum atomic E-state index is 10.3. The van der Waals surface area contributed by atoms with Gasteiger partial charge in [-0.2, -0.15) is 0 Å². The molecule has 0 radical (unpaired) electrons. The van der Waals surface area contributed by atoms with E-state index in [2.05, 4.69) is 15.6 Å². The van der Waals surface area contributed by atoms with Crippen LogP contribution in [0.3, 0.4) is 0 Å². The average molecular weight is 430 g/mol. The van der Waals surface area contributed by atoms with E-state index >= 15 is 0 Å². The first kappa shape index (κ1) is 20.1. The summed E-state index contributed by atoms with van der Waals surface area (Å²) in [6.07, 6.45) is -0.657. The number of guanidine groups is 1. The van der Waals surface area contributed by atoms with Crippen molar-refractivity contribution in [2.75, 3.05) is 26.3 Å². The summed E-state index contributed by atoms with van der Waals surface area (Å²) in [7, 11) is 0. The van der Waals surface area contributed by atoms with Crippen LogP contribution in [0.4, 0.5) is 0 Å². The SMILES string of the molecule is CCNC(=NCc1cc(Cl)c2c(c1)OCCO2)NCC(O)c1ccc(Cl)s1. The number of halogens is 2. The molecule has 6 nitrogen and oxygen atoms in total. The van der Waals surface area contributed by atoms with Gasteiger partial charge in [-0.05, 0) is 36.8 Å². The van der Waals surface area contributed by atoms with Gasteiger partial charge in [-0.15, -0.1) is 11.3 Å². The molecule has 0 fully saturated rings. The highest BCUT2D eigenvalue weighted by Crippen LogP contribution is 2.38. The topological polar surface area (TPSA) is 75.1 Å².